The summed E-state index contributed by atoms with van der Waals surface area (Å²) in [6, 6.07) is 10.1. The lowest BCUT2D eigenvalue weighted by molar-refractivity contribution is 0.575. The van der Waals surface area contributed by atoms with E-state index in [4.69, 9.17) is 0 Å². The molecule has 0 atom stereocenters. The summed E-state index contributed by atoms with van der Waals surface area (Å²) in [5.74, 6) is 0.515. The molecule has 3 N–H and O–H groups in total. The van der Waals surface area contributed by atoms with Gasteiger partial charge in [-0.25, -0.2) is 4.39 Å². The number of nitrogens with one attached hydrogen (secondary N) is 3. The molecule has 0 bridgehead atoms. The lowest BCUT2D eigenvalue weighted by atomic mass is 10.1. The van der Waals surface area contributed by atoms with Crippen molar-refractivity contribution in [1.29, 1.82) is 0 Å². The number of aromatic amines is 1. The van der Waals surface area contributed by atoms with Gasteiger partial charge in [0.25, 0.3) is 5.56 Å². The number of fused-ring (bicyclic) bond motifs is 1. The zero-order chi connectivity index (χ0) is 20.6. The summed E-state index contributed by atoms with van der Waals surface area (Å²) < 4.78 is 15.3. The number of benzene rings is 1. The van der Waals surface area contributed by atoms with Crippen LogP contribution < -0.4 is 16.2 Å². The smallest absolute Gasteiger partial charge is 0.250 e. The van der Waals surface area contributed by atoms with E-state index in [2.05, 4.69) is 20.6 Å². The van der Waals surface area contributed by atoms with Crippen LogP contribution in [0.4, 0.5) is 4.39 Å². The second kappa shape index (κ2) is 9.91. The van der Waals surface area contributed by atoms with E-state index in [9.17, 15) is 9.18 Å². The van der Waals surface area contributed by atoms with Crippen LogP contribution >= 0.6 is 0 Å². The summed E-state index contributed by atoms with van der Waals surface area (Å²) in [6.07, 6.45) is 4.54. The third-order valence-electron chi connectivity index (χ3n) is 5.01. The number of H-pyrrole nitrogens is 1. The van der Waals surface area contributed by atoms with Crippen LogP contribution in [-0.4, -0.2) is 35.6 Å². The molecule has 0 fully saturated rings. The van der Waals surface area contributed by atoms with E-state index in [0.29, 0.717) is 6.54 Å². The zero-order valence-corrected chi connectivity index (χ0v) is 17.0. The van der Waals surface area contributed by atoms with Crippen LogP contribution in [0.2, 0.25) is 0 Å². The monoisotopic (exact) mass is 397 g/mol. The number of halogens is 1. The Hall–Kier alpha value is -3.09. The van der Waals surface area contributed by atoms with Gasteiger partial charge in [0.05, 0.1) is 0 Å². The summed E-state index contributed by atoms with van der Waals surface area (Å²) in [4.78, 5) is 19.3. The minimum atomic E-state index is -0.225. The van der Waals surface area contributed by atoms with Gasteiger partial charge in [0, 0.05) is 55.5 Å². The van der Waals surface area contributed by atoms with Gasteiger partial charge < -0.3 is 20.2 Å². The van der Waals surface area contributed by atoms with Gasteiger partial charge in [-0.2, -0.15) is 0 Å². The lowest BCUT2D eigenvalue weighted by Crippen LogP contribution is -2.38. The summed E-state index contributed by atoms with van der Waals surface area (Å²) >= 11 is 0. The van der Waals surface area contributed by atoms with Gasteiger partial charge in [-0.1, -0.05) is 6.07 Å². The van der Waals surface area contributed by atoms with Gasteiger partial charge in [-0.15, -0.1) is 0 Å². The SMILES string of the molecule is CN=C(NCCCCn1c(C)cccc1=O)NCCc1c[nH]c2ccc(F)cc12. The Bertz CT molecular complexity index is 1040. The average Bonchev–Trinajstić information content (AvgIpc) is 3.10. The highest BCUT2D eigenvalue weighted by Gasteiger charge is 2.05. The maximum Gasteiger partial charge on any atom is 0.250 e. The minimum Gasteiger partial charge on any atom is -0.361 e. The Morgan fingerprint density at radius 1 is 1.17 bits per heavy atom. The molecule has 7 heteroatoms. The lowest BCUT2D eigenvalue weighted by Gasteiger charge is -2.12. The highest BCUT2D eigenvalue weighted by atomic mass is 19.1. The number of rotatable bonds is 8. The van der Waals surface area contributed by atoms with Crippen LogP contribution in [-0.2, 0) is 13.0 Å². The third kappa shape index (κ3) is 5.47. The fraction of sp³-hybridized carbons (Fsp3) is 0.364. The molecule has 0 unspecified atom stereocenters. The molecule has 6 nitrogen and oxygen atoms in total. The molecule has 29 heavy (non-hydrogen) atoms. The van der Waals surface area contributed by atoms with E-state index in [0.717, 1.165) is 60.5 Å². The van der Waals surface area contributed by atoms with Gasteiger partial charge >= 0.3 is 0 Å². The van der Waals surface area contributed by atoms with Crippen molar-refractivity contribution in [2.45, 2.75) is 32.7 Å². The highest BCUT2D eigenvalue weighted by Crippen LogP contribution is 2.19. The van der Waals surface area contributed by atoms with E-state index in [1.165, 1.54) is 6.07 Å². The number of hydrogen-bond acceptors (Lipinski definition) is 2. The van der Waals surface area contributed by atoms with Gasteiger partial charge in [0.2, 0.25) is 0 Å². The molecular weight excluding hydrogens is 369 g/mol. The number of guanidine groups is 1. The van der Waals surface area contributed by atoms with E-state index in [1.54, 1.807) is 35.9 Å². The predicted octanol–water partition coefficient (Wildman–Crippen LogP) is 2.97. The van der Waals surface area contributed by atoms with Crippen LogP contribution in [0.1, 0.15) is 24.1 Å². The van der Waals surface area contributed by atoms with Gasteiger partial charge in [-0.3, -0.25) is 9.79 Å². The quantitative estimate of drug-likeness (QED) is 0.311. The Labute approximate surface area is 169 Å². The second-order valence-electron chi connectivity index (χ2n) is 7.04. The number of aryl methyl sites for hydroxylation is 1. The predicted molar refractivity (Wildman–Crippen MR) is 116 cm³/mol. The normalized spacial score (nSPS) is 11.8. The largest absolute Gasteiger partial charge is 0.361 e. The first kappa shape index (κ1) is 20.6. The highest BCUT2D eigenvalue weighted by molar-refractivity contribution is 5.83. The second-order valence-corrected chi connectivity index (χ2v) is 7.04. The number of unbranched alkanes of at least 4 members (excludes halogenated alkanes) is 1. The third-order valence-corrected chi connectivity index (χ3v) is 5.01. The maximum atomic E-state index is 13.5. The van der Waals surface area contributed by atoms with Gasteiger partial charge in [-0.05, 0) is 56.0 Å². The molecule has 0 radical (unpaired) electrons. The van der Waals surface area contributed by atoms with Gasteiger partial charge in [0.1, 0.15) is 5.82 Å². The topological polar surface area (TPSA) is 74.2 Å². The molecule has 1 aromatic carbocycles. The maximum absolute atomic E-state index is 13.5. The van der Waals surface area contributed by atoms with Crippen LogP contribution in [0.15, 0.2) is 52.4 Å². The Morgan fingerprint density at radius 3 is 2.79 bits per heavy atom. The summed E-state index contributed by atoms with van der Waals surface area (Å²) in [5.41, 5.74) is 3.05. The van der Waals surface area contributed by atoms with Crippen molar-refractivity contribution in [2.75, 3.05) is 20.1 Å². The van der Waals surface area contributed by atoms with E-state index in [1.807, 2.05) is 19.2 Å². The molecule has 0 aliphatic carbocycles. The molecule has 0 aliphatic heterocycles. The molecule has 0 saturated carbocycles. The summed E-state index contributed by atoms with van der Waals surface area (Å²) in [6.45, 7) is 4.14. The number of nitrogens with zero attached hydrogens (tertiary/aromatic N) is 2. The molecule has 0 saturated heterocycles. The molecule has 0 amide bonds. The molecular formula is C22H28FN5O. The first-order valence-electron chi connectivity index (χ1n) is 9.95. The number of hydrogen-bond donors (Lipinski definition) is 3. The molecule has 3 aromatic rings. The number of aromatic nitrogens is 2. The van der Waals surface area contributed by atoms with Crippen molar-refractivity contribution in [3.05, 3.63) is 70.0 Å². The molecule has 2 aromatic heterocycles. The fourth-order valence-corrected chi connectivity index (χ4v) is 3.41. The van der Waals surface area contributed by atoms with E-state index >= 15 is 0 Å². The van der Waals surface area contributed by atoms with Crippen molar-refractivity contribution < 1.29 is 4.39 Å². The van der Waals surface area contributed by atoms with E-state index in [-0.39, 0.29) is 11.4 Å². The first-order chi connectivity index (χ1) is 14.1. The Kier molecular flexibility index (Phi) is 7.05. The van der Waals surface area contributed by atoms with Gasteiger partial charge in [0.15, 0.2) is 5.96 Å². The van der Waals surface area contributed by atoms with Crippen LogP contribution in [0.3, 0.4) is 0 Å². The van der Waals surface area contributed by atoms with Crippen LogP contribution in [0, 0.1) is 12.7 Å². The van der Waals surface area contributed by atoms with Crippen molar-refractivity contribution in [2.24, 2.45) is 4.99 Å². The minimum absolute atomic E-state index is 0.0487. The number of pyridine rings is 1. The first-order valence-corrected chi connectivity index (χ1v) is 9.95. The van der Waals surface area contributed by atoms with Crippen LogP contribution in [0.25, 0.3) is 10.9 Å². The zero-order valence-electron chi connectivity index (χ0n) is 17.0. The average molecular weight is 397 g/mol. The van der Waals surface area contributed by atoms with Crippen LogP contribution in [0.5, 0.6) is 0 Å². The molecule has 0 aliphatic rings. The molecule has 2 heterocycles. The Balaban J connectivity index is 1.39. The summed E-state index contributed by atoms with van der Waals surface area (Å²) in [7, 11) is 1.74. The molecule has 3 rings (SSSR count). The molecule has 154 valence electrons. The van der Waals surface area contributed by atoms with Crippen molar-refractivity contribution in [3.8, 4) is 0 Å². The van der Waals surface area contributed by atoms with Crippen molar-refractivity contribution in [1.82, 2.24) is 20.2 Å². The standard InChI is InChI=1S/C22H28FN5O/c1-16-6-5-7-21(29)28(16)13-4-3-11-25-22(24-2)26-12-10-17-15-27-20-9-8-18(23)14-19(17)20/h5-9,14-15,27H,3-4,10-13H2,1-2H3,(H2,24,25,26). The fourth-order valence-electron chi connectivity index (χ4n) is 3.41. The van der Waals surface area contributed by atoms with E-state index < -0.39 is 0 Å². The molecule has 0 spiro atoms. The van der Waals surface area contributed by atoms with Crippen molar-refractivity contribution in [3.63, 3.8) is 0 Å². The van der Waals surface area contributed by atoms with Crippen molar-refractivity contribution >= 4 is 16.9 Å². The number of aliphatic imine (C=N–C) groups is 1. The summed E-state index contributed by atoms with van der Waals surface area (Å²) in [5, 5.41) is 7.50. The Morgan fingerprint density at radius 2 is 2.00 bits per heavy atom.